The van der Waals surface area contributed by atoms with Crippen LogP contribution in [0.3, 0.4) is 0 Å². The Morgan fingerprint density at radius 3 is 2.21 bits per heavy atom. The quantitative estimate of drug-likeness (QED) is 0.622. The van der Waals surface area contributed by atoms with Gasteiger partial charge in [0.15, 0.2) is 5.78 Å². The average Bonchev–Trinajstić information content (AvgIpc) is 2.90. The van der Waals surface area contributed by atoms with Gasteiger partial charge in [0.1, 0.15) is 5.54 Å². The van der Waals surface area contributed by atoms with Gasteiger partial charge >= 0.3 is 6.03 Å². The standard InChI is InChI=1S/C21H27N3O4/c1-14(2)24-19(27)21(22-20(24)28)10-12-23(13-11-21)18(26)9-8-17(25)16-6-4-15(3)5-7-16/h4-7,14H,8-13H2,1-3H3,(H,22,28). The number of ketones is 1. The van der Waals surface area contributed by atoms with Crippen molar-refractivity contribution >= 4 is 23.6 Å². The lowest BCUT2D eigenvalue weighted by molar-refractivity contribution is -0.139. The number of likely N-dealkylation sites (tertiary alicyclic amines) is 1. The Morgan fingerprint density at radius 1 is 1.07 bits per heavy atom. The number of piperidine rings is 1. The number of carbonyl (C=O) groups excluding carboxylic acids is 4. The monoisotopic (exact) mass is 385 g/mol. The Morgan fingerprint density at radius 2 is 1.68 bits per heavy atom. The molecule has 0 unspecified atom stereocenters. The van der Waals surface area contributed by atoms with Crippen LogP contribution < -0.4 is 5.32 Å². The topological polar surface area (TPSA) is 86.8 Å². The van der Waals surface area contributed by atoms with E-state index >= 15 is 0 Å². The molecule has 2 heterocycles. The molecule has 1 aromatic rings. The van der Waals surface area contributed by atoms with Gasteiger partial charge in [0, 0.05) is 37.5 Å². The first-order chi connectivity index (χ1) is 13.2. The van der Waals surface area contributed by atoms with Gasteiger partial charge in [-0.05, 0) is 33.6 Å². The molecule has 7 nitrogen and oxygen atoms in total. The molecule has 0 aliphatic carbocycles. The van der Waals surface area contributed by atoms with Crippen LogP contribution in [0, 0.1) is 6.92 Å². The molecule has 2 saturated heterocycles. The van der Waals surface area contributed by atoms with Gasteiger partial charge in [-0.25, -0.2) is 4.79 Å². The van der Waals surface area contributed by atoms with Gasteiger partial charge in [-0.3, -0.25) is 19.3 Å². The van der Waals surface area contributed by atoms with Crippen molar-refractivity contribution in [3.63, 3.8) is 0 Å². The van der Waals surface area contributed by atoms with Gasteiger partial charge in [-0.15, -0.1) is 0 Å². The van der Waals surface area contributed by atoms with Crippen molar-refractivity contribution in [1.29, 1.82) is 0 Å². The predicted octanol–water partition coefficient (Wildman–Crippen LogP) is 2.28. The van der Waals surface area contributed by atoms with Crippen molar-refractivity contribution < 1.29 is 19.2 Å². The lowest BCUT2D eigenvalue weighted by Gasteiger charge is -2.37. The van der Waals surface area contributed by atoms with E-state index < -0.39 is 5.54 Å². The van der Waals surface area contributed by atoms with E-state index in [-0.39, 0.29) is 42.5 Å². The van der Waals surface area contributed by atoms with Crippen molar-refractivity contribution in [3.05, 3.63) is 35.4 Å². The van der Waals surface area contributed by atoms with Crippen molar-refractivity contribution in [1.82, 2.24) is 15.1 Å². The van der Waals surface area contributed by atoms with Gasteiger partial charge in [-0.1, -0.05) is 29.8 Å². The fourth-order valence-corrected chi connectivity index (χ4v) is 3.85. The summed E-state index contributed by atoms with van der Waals surface area (Å²) in [5.74, 6) is -0.338. The third-order valence-corrected chi connectivity index (χ3v) is 5.62. The van der Waals surface area contributed by atoms with Crippen LogP contribution in [0.1, 0.15) is 55.5 Å². The molecule has 0 saturated carbocycles. The fourth-order valence-electron chi connectivity index (χ4n) is 3.85. The number of Topliss-reactive ketones (excluding diaryl/α,β-unsaturated/α-hetero) is 1. The summed E-state index contributed by atoms with van der Waals surface area (Å²) in [7, 11) is 0. The largest absolute Gasteiger partial charge is 0.342 e. The number of imide groups is 1. The smallest absolute Gasteiger partial charge is 0.325 e. The summed E-state index contributed by atoms with van der Waals surface area (Å²) in [6, 6.07) is 6.77. The zero-order valence-electron chi connectivity index (χ0n) is 16.7. The number of carbonyl (C=O) groups is 4. The minimum atomic E-state index is -0.893. The molecule has 0 aromatic heterocycles. The number of aryl methyl sites for hydroxylation is 1. The molecule has 28 heavy (non-hydrogen) atoms. The Hall–Kier alpha value is -2.70. The minimum Gasteiger partial charge on any atom is -0.342 e. The number of rotatable bonds is 5. The number of urea groups is 1. The molecule has 0 atom stereocenters. The summed E-state index contributed by atoms with van der Waals surface area (Å²) in [6.07, 6.45) is 1.12. The molecule has 1 N–H and O–H groups in total. The number of nitrogens with zero attached hydrogens (tertiary/aromatic N) is 2. The van der Waals surface area contributed by atoms with Crippen LogP contribution in [0.4, 0.5) is 4.79 Å². The van der Waals surface area contributed by atoms with Crippen LogP contribution in [0.2, 0.25) is 0 Å². The van der Waals surface area contributed by atoms with E-state index in [1.54, 1.807) is 30.9 Å². The average molecular weight is 385 g/mol. The van der Waals surface area contributed by atoms with Crippen LogP contribution in [-0.4, -0.2) is 58.1 Å². The van der Waals surface area contributed by atoms with Crippen LogP contribution in [0.25, 0.3) is 0 Å². The molecule has 4 amide bonds. The summed E-state index contributed by atoms with van der Waals surface area (Å²) >= 11 is 0. The fraction of sp³-hybridized carbons (Fsp3) is 0.524. The summed E-state index contributed by atoms with van der Waals surface area (Å²) in [6.45, 7) is 6.37. The summed E-state index contributed by atoms with van der Waals surface area (Å²) in [5, 5.41) is 2.83. The van der Waals surface area contributed by atoms with Gasteiger partial charge in [0.25, 0.3) is 5.91 Å². The molecule has 150 valence electrons. The molecule has 2 aliphatic rings. The van der Waals surface area contributed by atoms with E-state index in [0.717, 1.165) is 5.56 Å². The van der Waals surface area contributed by atoms with Crippen molar-refractivity contribution in [3.8, 4) is 0 Å². The van der Waals surface area contributed by atoms with Gasteiger partial charge < -0.3 is 10.2 Å². The third-order valence-electron chi connectivity index (χ3n) is 5.62. The maximum atomic E-state index is 12.7. The molecular weight excluding hydrogens is 358 g/mol. The highest BCUT2D eigenvalue weighted by molar-refractivity contribution is 6.07. The number of nitrogens with one attached hydrogen (secondary N) is 1. The Labute approximate surface area is 165 Å². The molecule has 0 radical (unpaired) electrons. The molecule has 2 aliphatic heterocycles. The van der Waals surface area contributed by atoms with E-state index in [4.69, 9.17) is 0 Å². The Balaban J connectivity index is 1.53. The number of amides is 4. The van der Waals surface area contributed by atoms with Crippen molar-refractivity contribution in [2.24, 2.45) is 0 Å². The third kappa shape index (κ3) is 3.79. The number of hydrogen-bond donors (Lipinski definition) is 1. The normalized spacial score (nSPS) is 18.7. The molecule has 1 spiro atoms. The first-order valence-corrected chi connectivity index (χ1v) is 9.77. The maximum Gasteiger partial charge on any atom is 0.325 e. The zero-order valence-corrected chi connectivity index (χ0v) is 16.7. The van der Waals surface area contributed by atoms with Gasteiger partial charge in [0.2, 0.25) is 5.91 Å². The number of benzene rings is 1. The molecule has 1 aromatic carbocycles. The lowest BCUT2D eigenvalue weighted by atomic mass is 9.87. The SMILES string of the molecule is Cc1ccc(C(=O)CCC(=O)N2CCC3(CC2)NC(=O)N(C(C)C)C3=O)cc1. The summed E-state index contributed by atoms with van der Waals surface area (Å²) < 4.78 is 0. The Kier molecular flexibility index (Phi) is 5.54. The summed E-state index contributed by atoms with van der Waals surface area (Å²) in [4.78, 5) is 52.5. The number of hydrogen-bond acceptors (Lipinski definition) is 4. The van der Waals surface area contributed by atoms with Crippen molar-refractivity contribution in [2.75, 3.05) is 13.1 Å². The highest BCUT2D eigenvalue weighted by atomic mass is 16.2. The molecule has 0 bridgehead atoms. The second-order valence-corrected chi connectivity index (χ2v) is 7.95. The van der Waals surface area contributed by atoms with Gasteiger partial charge in [0.05, 0.1) is 0 Å². The maximum absolute atomic E-state index is 12.7. The van der Waals surface area contributed by atoms with Crippen LogP contribution in [0.5, 0.6) is 0 Å². The first-order valence-electron chi connectivity index (χ1n) is 9.77. The lowest BCUT2D eigenvalue weighted by Crippen LogP contribution is -2.56. The predicted molar refractivity (Wildman–Crippen MR) is 104 cm³/mol. The van der Waals surface area contributed by atoms with E-state index in [0.29, 0.717) is 31.5 Å². The van der Waals surface area contributed by atoms with Crippen molar-refractivity contribution in [2.45, 2.75) is 58.0 Å². The summed E-state index contributed by atoms with van der Waals surface area (Å²) in [5.41, 5.74) is 0.805. The van der Waals surface area contributed by atoms with E-state index in [9.17, 15) is 19.2 Å². The minimum absolute atomic E-state index is 0.0485. The van der Waals surface area contributed by atoms with E-state index in [1.807, 2.05) is 19.1 Å². The second kappa shape index (κ2) is 7.73. The Bertz CT molecular complexity index is 792. The van der Waals surface area contributed by atoms with Crippen LogP contribution in [0.15, 0.2) is 24.3 Å². The van der Waals surface area contributed by atoms with Crippen LogP contribution >= 0.6 is 0 Å². The second-order valence-electron chi connectivity index (χ2n) is 7.95. The first kappa shape index (κ1) is 20.0. The highest BCUT2D eigenvalue weighted by Gasteiger charge is 2.53. The van der Waals surface area contributed by atoms with Gasteiger partial charge in [-0.2, -0.15) is 0 Å². The van der Waals surface area contributed by atoms with Crippen LogP contribution in [-0.2, 0) is 9.59 Å². The molecular formula is C21H27N3O4. The highest BCUT2D eigenvalue weighted by Crippen LogP contribution is 2.30. The molecule has 3 rings (SSSR count). The zero-order chi connectivity index (χ0) is 20.5. The molecule has 7 heteroatoms. The van der Waals surface area contributed by atoms with E-state index in [1.165, 1.54) is 4.90 Å². The molecule has 2 fully saturated rings. The van der Waals surface area contributed by atoms with E-state index in [2.05, 4.69) is 5.32 Å².